The Morgan fingerprint density at radius 1 is 0.950 bits per heavy atom. The molecule has 0 spiro atoms. The van der Waals surface area contributed by atoms with Crippen LogP contribution in [-0.4, -0.2) is 0 Å². The number of rotatable bonds is 7. The molecule has 0 fully saturated rings. The largest absolute Gasteiger partial charge is 0.203 e. The summed E-state index contributed by atoms with van der Waals surface area (Å²) in [4.78, 5) is 0. The molecule has 0 aliphatic heterocycles. The summed E-state index contributed by atoms with van der Waals surface area (Å²) in [5, 5.41) is 0. The molecule has 0 bridgehead atoms. The van der Waals surface area contributed by atoms with E-state index in [1.165, 1.54) is 0 Å². The van der Waals surface area contributed by atoms with Gasteiger partial charge in [0.2, 0.25) is 0 Å². The van der Waals surface area contributed by atoms with Crippen LogP contribution >= 0.6 is 0 Å². The van der Waals surface area contributed by atoms with Crippen molar-refractivity contribution in [1.82, 2.24) is 0 Å². The van der Waals surface area contributed by atoms with Gasteiger partial charge in [-0.25, -0.2) is 8.78 Å². The van der Waals surface area contributed by atoms with E-state index in [1.807, 2.05) is 20.8 Å². The molecule has 0 nitrogen and oxygen atoms in total. The third-order valence-corrected chi connectivity index (χ3v) is 5.04. The maximum atomic E-state index is 14.4. The smallest absolute Gasteiger partial charge is 0.162 e. The number of hydrogen-bond acceptors (Lipinski definition) is 0. The first-order valence-corrected chi connectivity index (χ1v) is 7.90. The molecule has 0 saturated carbocycles. The van der Waals surface area contributed by atoms with E-state index in [1.54, 1.807) is 12.1 Å². The van der Waals surface area contributed by atoms with Crippen molar-refractivity contribution in [2.75, 3.05) is 0 Å². The summed E-state index contributed by atoms with van der Waals surface area (Å²) >= 11 is 0. The molecule has 0 aromatic heterocycles. The molecule has 0 atom stereocenters. The molecule has 0 aliphatic rings. The monoisotopic (exact) mass is 282 g/mol. The molecule has 0 N–H and O–H groups in total. The molecule has 1 rings (SSSR count). The van der Waals surface area contributed by atoms with Gasteiger partial charge in [-0.05, 0) is 41.7 Å². The van der Waals surface area contributed by atoms with E-state index < -0.39 is 11.6 Å². The molecular weight excluding hydrogens is 254 g/mol. The van der Waals surface area contributed by atoms with Gasteiger partial charge in [0.1, 0.15) is 0 Å². The summed E-state index contributed by atoms with van der Waals surface area (Å²) in [7, 11) is 0. The van der Waals surface area contributed by atoms with Crippen LogP contribution in [-0.2, 0) is 11.8 Å². The second-order valence-electron chi connectivity index (χ2n) is 6.05. The summed E-state index contributed by atoms with van der Waals surface area (Å²) < 4.78 is 28.7. The Morgan fingerprint density at radius 3 is 1.95 bits per heavy atom. The summed E-state index contributed by atoms with van der Waals surface area (Å²) in [5.74, 6) is -0.847. The minimum Gasteiger partial charge on any atom is -0.203 e. The predicted molar refractivity (Wildman–Crippen MR) is 82.1 cm³/mol. The minimum absolute atomic E-state index is 0.279. The Balaban J connectivity index is 3.15. The summed E-state index contributed by atoms with van der Waals surface area (Å²) in [6.45, 7) is 10.3. The van der Waals surface area contributed by atoms with E-state index >= 15 is 0 Å². The van der Waals surface area contributed by atoms with Crippen LogP contribution < -0.4 is 0 Å². The predicted octanol–water partition coefficient (Wildman–Crippen LogP) is 6.02. The fraction of sp³-hybridized carbons (Fsp3) is 0.667. The van der Waals surface area contributed by atoms with Gasteiger partial charge in [-0.15, -0.1) is 0 Å². The van der Waals surface area contributed by atoms with Crippen LogP contribution in [0.5, 0.6) is 0 Å². The molecule has 0 unspecified atom stereocenters. The van der Waals surface area contributed by atoms with Gasteiger partial charge in [0.25, 0.3) is 0 Å². The Bertz CT molecular complexity index is 429. The second kappa shape index (κ2) is 7.19. The SMILES string of the molecule is CCC(CC)Cc1ccc(C(C)(CC)CC)c(F)c1F. The molecule has 0 saturated heterocycles. The van der Waals surface area contributed by atoms with Crippen molar-refractivity contribution >= 4 is 0 Å². The number of halogens is 2. The molecular formula is C18H28F2. The number of hydrogen-bond donors (Lipinski definition) is 0. The van der Waals surface area contributed by atoms with E-state index in [2.05, 4.69) is 13.8 Å². The van der Waals surface area contributed by atoms with E-state index in [0.717, 1.165) is 25.7 Å². The highest BCUT2D eigenvalue weighted by atomic mass is 19.2. The highest BCUT2D eigenvalue weighted by molar-refractivity contribution is 5.32. The van der Waals surface area contributed by atoms with Gasteiger partial charge in [-0.1, -0.05) is 59.6 Å². The van der Waals surface area contributed by atoms with Crippen LogP contribution in [0.2, 0.25) is 0 Å². The third-order valence-electron chi connectivity index (χ3n) is 5.04. The lowest BCUT2D eigenvalue weighted by Gasteiger charge is -2.28. The maximum absolute atomic E-state index is 14.4. The Hall–Kier alpha value is -0.920. The van der Waals surface area contributed by atoms with Gasteiger partial charge in [0.05, 0.1) is 0 Å². The maximum Gasteiger partial charge on any atom is 0.162 e. The van der Waals surface area contributed by atoms with Crippen LogP contribution in [0, 0.1) is 17.6 Å². The molecule has 20 heavy (non-hydrogen) atoms. The third kappa shape index (κ3) is 3.39. The molecule has 1 aromatic rings. The fourth-order valence-electron chi connectivity index (χ4n) is 2.73. The van der Waals surface area contributed by atoms with Crippen LogP contribution in [0.1, 0.15) is 71.4 Å². The second-order valence-corrected chi connectivity index (χ2v) is 6.05. The van der Waals surface area contributed by atoms with Crippen molar-refractivity contribution in [3.63, 3.8) is 0 Å². The zero-order valence-corrected chi connectivity index (χ0v) is 13.5. The van der Waals surface area contributed by atoms with Gasteiger partial charge < -0.3 is 0 Å². The molecule has 0 aliphatic carbocycles. The standard InChI is InChI=1S/C18H28F2/c1-6-13(7-2)12-14-10-11-15(17(20)16(14)19)18(5,8-3)9-4/h10-11,13H,6-9,12H2,1-5H3. The summed E-state index contributed by atoms with van der Waals surface area (Å²) in [5.41, 5.74) is 0.765. The molecule has 0 amide bonds. The fourth-order valence-corrected chi connectivity index (χ4v) is 2.73. The highest BCUT2D eigenvalue weighted by Crippen LogP contribution is 2.34. The van der Waals surface area contributed by atoms with Crippen molar-refractivity contribution in [2.45, 2.75) is 72.1 Å². The van der Waals surface area contributed by atoms with Crippen LogP contribution in [0.25, 0.3) is 0 Å². The average molecular weight is 282 g/mol. The first-order valence-electron chi connectivity index (χ1n) is 7.90. The molecule has 1 aromatic carbocycles. The van der Waals surface area contributed by atoms with Gasteiger partial charge in [-0.3, -0.25) is 0 Å². The van der Waals surface area contributed by atoms with Crippen LogP contribution in [0.3, 0.4) is 0 Å². The van der Waals surface area contributed by atoms with Crippen molar-refractivity contribution in [1.29, 1.82) is 0 Å². The van der Waals surface area contributed by atoms with Crippen LogP contribution in [0.4, 0.5) is 8.78 Å². The van der Waals surface area contributed by atoms with E-state index in [0.29, 0.717) is 23.5 Å². The lowest BCUT2D eigenvalue weighted by molar-refractivity contribution is 0.393. The first kappa shape index (κ1) is 17.1. The average Bonchev–Trinajstić information content (AvgIpc) is 2.48. The Labute approximate surface area is 122 Å². The quantitative estimate of drug-likeness (QED) is 0.573. The van der Waals surface area contributed by atoms with Crippen molar-refractivity contribution < 1.29 is 8.78 Å². The van der Waals surface area contributed by atoms with Crippen molar-refractivity contribution in [3.05, 3.63) is 34.9 Å². The van der Waals surface area contributed by atoms with Gasteiger partial charge in [-0.2, -0.15) is 0 Å². The summed E-state index contributed by atoms with van der Waals surface area (Å²) in [6.07, 6.45) is 4.25. The highest BCUT2D eigenvalue weighted by Gasteiger charge is 2.28. The van der Waals surface area contributed by atoms with Gasteiger partial charge >= 0.3 is 0 Å². The lowest BCUT2D eigenvalue weighted by atomic mass is 9.77. The zero-order chi connectivity index (χ0) is 15.3. The van der Waals surface area contributed by atoms with Crippen LogP contribution in [0.15, 0.2) is 12.1 Å². The topological polar surface area (TPSA) is 0 Å². The van der Waals surface area contributed by atoms with E-state index in [9.17, 15) is 8.78 Å². The lowest BCUT2D eigenvalue weighted by Crippen LogP contribution is -2.22. The first-order chi connectivity index (χ1) is 9.43. The zero-order valence-electron chi connectivity index (χ0n) is 13.5. The number of benzene rings is 1. The Kier molecular flexibility index (Phi) is 6.16. The Morgan fingerprint density at radius 2 is 1.50 bits per heavy atom. The van der Waals surface area contributed by atoms with Gasteiger partial charge in [0.15, 0.2) is 11.6 Å². The van der Waals surface area contributed by atoms with E-state index in [-0.39, 0.29) is 5.41 Å². The molecule has 2 heteroatoms. The van der Waals surface area contributed by atoms with Crippen molar-refractivity contribution in [2.24, 2.45) is 5.92 Å². The van der Waals surface area contributed by atoms with Gasteiger partial charge in [0, 0.05) is 0 Å². The minimum atomic E-state index is -0.639. The normalized spacial score (nSPS) is 12.2. The molecule has 114 valence electrons. The molecule has 0 radical (unpaired) electrons. The van der Waals surface area contributed by atoms with Crippen molar-refractivity contribution in [3.8, 4) is 0 Å². The molecule has 0 heterocycles. The van der Waals surface area contributed by atoms with E-state index in [4.69, 9.17) is 0 Å². The summed E-state index contributed by atoms with van der Waals surface area (Å²) in [6, 6.07) is 3.58.